The molecule has 1 aliphatic heterocycles. The standard InChI is InChI=1S/C25H33N3O3/c1-16-11-13-28(14-12-16)22-21(23(29)24(22)30)26-15-18-7-9-19(10-8-18)25(31)27-20-6-4-3-5-17(20)2/h7-10,16-17,20,26H,3-6,11-15H2,1-2H3,(H,27,31). The third kappa shape index (κ3) is 4.68. The zero-order valence-electron chi connectivity index (χ0n) is 18.6. The Kier molecular flexibility index (Phi) is 6.44. The van der Waals surface area contributed by atoms with Crippen LogP contribution in [0.1, 0.15) is 68.3 Å². The van der Waals surface area contributed by atoms with Gasteiger partial charge >= 0.3 is 0 Å². The molecular formula is C25H33N3O3. The quantitative estimate of drug-likeness (QED) is 0.696. The summed E-state index contributed by atoms with van der Waals surface area (Å²) in [5.41, 5.74) is 1.81. The van der Waals surface area contributed by atoms with Gasteiger partial charge in [0.05, 0.1) is 0 Å². The van der Waals surface area contributed by atoms with E-state index >= 15 is 0 Å². The molecule has 1 heterocycles. The summed E-state index contributed by atoms with van der Waals surface area (Å²) < 4.78 is 0. The van der Waals surface area contributed by atoms with Crippen LogP contribution in [0.2, 0.25) is 0 Å². The molecule has 1 aliphatic carbocycles. The summed E-state index contributed by atoms with van der Waals surface area (Å²) in [6, 6.07) is 7.72. The van der Waals surface area contributed by atoms with Gasteiger partial charge in [0.2, 0.25) is 0 Å². The van der Waals surface area contributed by atoms with E-state index in [2.05, 4.69) is 24.5 Å². The normalized spacial score (nSPS) is 22.5. The van der Waals surface area contributed by atoms with Crippen molar-refractivity contribution in [2.45, 2.75) is 65.0 Å². The highest BCUT2D eigenvalue weighted by molar-refractivity contribution is 5.94. The fraction of sp³-hybridized carbons (Fsp3) is 0.560. The number of amides is 1. The van der Waals surface area contributed by atoms with Gasteiger partial charge in [0.15, 0.2) is 0 Å². The first-order chi connectivity index (χ1) is 14.9. The number of carbonyl (C=O) groups is 1. The number of nitrogens with zero attached hydrogens (tertiary/aromatic N) is 1. The molecule has 6 nitrogen and oxygen atoms in total. The predicted octanol–water partition coefficient (Wildman–Crippen LogP) is 3.44. The van der Waals surface area contributed by atoms with Crippen LogP contribution in [-0.2, 0) is 6.54 Å². The molecule has 166 valence electrons. The first kappa shape index (κ1) is 21.6. The zero-order valence-corrected chi connectivity index (χ0v) is 18.6. The number of carbonyl (C=O) groups excluding carboxylic acids is 1. The third-order valence-electron chi connectivity index (χ3n) is 7.10. The maximum Gasteiger partial charge on any atom is 0.253 e. The van der Waals surface area contributed by atoms with E-state index in [1.54, 1.807) is 0 Å². The lowest BCUT2D eigenvalue weighted by Gasteiger charge is -2.33. The highest BCUT2D eigenvalue weighted by Crippen LogP contribution is 2.27. The lowest BCUT2D eigenvalue weighted by atomic mass is 9.86. The second kappa shape index (κ2) is 9.25. The molecule has 31 heavy (non-hydrogen) atoms. The second-order valence-corrected chi connectivity index (χ2v) is 9.44. The summed E-state index contributed by atoms with van der Waals surface area (Å²) >= 11 is 0. The van der Waals surface area contributed by atoms with Crippen molar-refractivity contribution in [3.05, 3.63) is 55.8 Å². The number of benzene rings is 1. The molecule has 1 saturated carbocycles. The predicted molar refractivity (Wildman–Crippen MR) is 125 cm³/mol. The van der Waals surface area contributed by atoms with E-state index < -0.39 is 5.43 Å². The van der Waals surface area contributed by atoms with Crippen LogP contribution < -0.4 is 26.4 Å². The molecule has 6 heteroatoms. The Morgan fingerprint density at radius 2 is 1.65 bits per heavy atom. The van der Waals surface area contributed by atoms with Crippen molar-refractivity contribution < 1.29 is 4.79 Å². The summed E-state index contributed by atoms with van der Waals surface area (Å²) in [5, 5.41) is 6.34. The molecule has 2 N–H and O–H groups in total. The van der Waals surface area contributed by atoms with E-state index in [0.717, 1.165) is 37.9 Å². The largest absolute Gasteiger partial charge is 0.376 e. The van der Waals surface area contributed by atoms with Gasteiger partial charge in [0.25, 0.3) is 16.8 Å². The van der Waals surface area contributed by atoms with Gasteiger partial charge in [0.1, 0.15) is 11.4 Å². The van der Waals surface area contributed by atoms with Crippen LogP contribution in [0.3, 0.4) is 0 Å². The van der Waals surface area contributed by atoms with Crippen LogP contribution in [0.5, 0.6) is 0 Å². The van der Waals surface area contributed by atoms with Crippen molar-refractivity contribution in [3.8, 4) is 0 Å². The lowest BCUT2D eigenvalue weighted by molar-refractivity contribution is 0.0910. The van der Waals surface area contributed by atoms with Gasteiger partial charge in [-0.05, 0) is 55.2 Å². The second-order valence-electron chi connectivity index (χ2n) is 9.44. The zero-order chi connectivity index (χ0) is 22.0. The highest BCUT2D eigenvalue weighted by atomic mass is 16.2. The molecule has 2 unspecified atom stereocenters. The number of hydrogen-bond acceptors (Lipinski definition) is 5. The molecule has 2 atom stereocenters. The fourth-order valence-corrected chi connectivity index (χ4v) is 4.82. The van der Waals surface area contributed by atoms with Crippen LogP contribution in [0, 0.1) is 11.8 Å². The topological polar surface area (TPSA) is 78.5 Å². The van der Waals surface area contributed by atoms with E-state index in [1.807, 2.05) is 29.2 Å². The molecule has 0 spiro atoms. The minimum absolute atomic E-state index is 0.0256. The first-order valence-corrected chi connectivity index (χ1v) is 11.7. The van der Waals surface area contributed by atoms with Crippen LogP contribution >= 0.6 is 0 Å². The van der Waals surface area contributed by atoms with Gasteiger partial charge in [0, 0.05) is 31.2 Å². The molecule has 0 radical (unpaired) electrons. The lowest BCUT2D eigenvalue weighted by Crippen LogP contribution is -2.45. The van der Waals surface area contributed by atoms with Gasteiger partial charge in [-0.1, -0.05) is 38.8 Å². The van der Waals surface area contributed by atoms with Gasteiger partial charge < -0.3 is 15.5 Å². The molecule has 1 amide bonds. The molecule has 1 saturated heterocycles. The Labute approximate surface area is 183 Å². The average Bonchev–Trinajstić information content (AvgIpc) is 2.79. The number of piperidine rings is 1. The number of anilines is 2. The molecule has 2 fully saturated rings. The highest BCUT2D eigenvalue weighted by Gasteiger charge is 2.28. The Morgan fingerprint density at radius 3 is 2.32 bits per heavy atom. The summed E-state index contributed by atoms with van der Waals surface area (Å²) in [4.78, 5) is 38.9. The van der Waals surface area contributed by atoms with Crippen molar-refractivity contribution >= 4 is 17.3 Å². The molecule has 0 bridgehead atoms. The van der Waals surface area contributed by atoms with E-state index in [1.165, 1.54) is 19.3 Å². The fourth-order valence-electron chi connectivity index (χ4n) is 4.82. The SMILES string of the molecule is CC1CCN(c2c(NCc3ccc(C(=O)NC4CCCCC4C)cc3)c(=O)c2=O)CC1. The molecule has 0 aromatic heterocycles. The summed E-state index contributed by atoms with van der Waals surface area (Å²) in [5.74, 6) is 1.16. The minimum atomic E-state index is -0.425. The molecule has 4 rings (SSSR count). The van der Waals surface area contributed by atoms with Crippen molar-refractivity contribution in [1.82, 2.24) is 5.32 Å². The Hall–Kier alpha value is -2.63. The van der Waals surface area contributed by atoms with E-state index in [9.17, 15) is 14.4 Å². The van der Waals surface area contributed by atoms with Crippen molar-refractivity contribution in [3.63, 3.8) is 0 Å². The molecule has 2 aromatic carbocycles. The average molecular weight is 424 g/mol. The van der Waals surface area contributed by atoms with E-state index in [0.29, 0.717) is 35.3 Å². The maximum atomic E-state index is 12.6. The van der Waals surface area contributed by atoms with Crippen molar-refractivity contribution in [1.29, 1.82) is 0 Å². The molecule has 2 aromatic rings. The Bertz CT molecular complexity index is 983. The summed E-state index contributed by atoms with van der Waals surface area (Å²) in [7, 11) is 0. The van der Waals surface area contributed by atoms with Crippen LogP contribution in [0.4, 0.5) is 11.4 Å². The Balaban J connectivity index is 1.35. The van der Waals surface area contributed by atoms with Gasteiger partial charge in [-0.15, -0.1) is 0 Å². The van der Waals surface area contributed by atoms with Crippen LogP contribution in [0.15, 0.2) is 33.9 Å². The number of hydrogen-bond donors (Lipinski definition) is 2. The van der Waals surface area contributed by atoms with Gasteiger partial charge in [-0.2, -0.15) is 0 Å². The summed E-state index contributed by atoms with van der Waals surface area (Å²) in [6.45, 7) is 6.52. The minimum Gasteiger partial charge on any atom is -0.376 e. The first-order valence-electron chi connectivity index (χ1n) is 11.7. The third-order valence-corrected chi connectivity index (χ3v) is 7.10. The molecule has 2 aliphatic rings. The van der Waals surface area contributed by atoms with Crippen LogP contribution in [0.25, 0.3) is 0 Å². The number of nitrogens with one attached hydrogen (secondary N) is 2. The monoisotopic (exact) mass is 423 g/mol. The van der Waals surface area contributed by atoms with Crippen LogP contribution in [-0.4, -0.2) is 25.0 Å². The van der Waals surface area contributed by atoms with Crippen molar-refractivity contribution in [2.24, 2.45) is 11.8 Å². The van der Waals surface area contributed by atoms with Gasteiger partial charge in [-0.25, -0.2) is 0 Å². The smallest absolute Gasteiger partial charge is 0.253 e. The molecular weight excluding hydrogens is 390 g/mol. The van der Waals surface area contributed by atoms with Gasteiger partial charge in [-0.3, -0.25) is 14.4 Å². The summed E-state index contributed by atoms with van der Waals surface area (Å²) in [6.07, 6.45) is 6.73. The number of rotatable bonds is 6. The van der Waals surface area contributed by atoms with E-state index in [-0.39, 0.29) is 17.4 Å². The van der Waals surface area contributed by atoms with E-state index in [4.69, 9.17) is 0 Å². The van der Waals surface area contributed by atoms with Crippen molar-refractivity contribution in [2.75, 3.05) is 23.3 Å². The maximum absolute atomic E-state index is 12.6. The Morgan fingerprint density at radius 1 is 0.968 bits per heavy atom.